The summed E-state index contributed by atoms with van der Waals surface area (Å²) in [5, 5.41) is 0. The van der Waals surface area contributed by atoms with E-state index in [4.69, 9.17) is 0 Å². The summed E-state index contributed by atoms with van der Waals surface area (Å²) in [5.41, 5.74) is 4.16. The van der Waals surface area contributed by atoms with Gasteiger partial charge in [-0.25, -0.2) is 0 Å². The molecule has 3 rings (SSSR count). The normalized spacial score (nSPS) is 13.5. The average Bonchev–Trinajstić information content (AvgIpc) is 2.82. The molecule has 90 valence electrons. The van der Waals surface area contributed by atoms with Crippen molar-refractivity contribution in [2.75, 3.05) is 11.4 Å². The predicted octanol–water partition coefficient (Wildman–Crippen LogP) is 3.20. The zero-order chi connectivity index (χ0) is 12.5. The smallest absolute Gasteiger partial charge is 0.258 e. The number of hydrogen-bond acceptors (Lipinski definition) is 1. The third-order valence-corrected chi connectivity index (χ3v) is 3.51. The van der Waals surface area contributed by atoms with Crippen LogP contribution in [-0.2, 0) is 6.42 Å². The number of hydrogen-bond donors (Lipinski definition) is 0. The lowest BCUT2D eigenvalue weighted by atomic mass is 10.1. The zero-order valence-electron chi connectivity index (χ0n) is 10.4. The second-order valence-electron chi connectivity index (χ2n) is 4.65. The van der Waals surface area contributed by atoms with E-state index >= 15 is 0 Å². The Kier molecular flexibility index (Phi) is 2.63. The molecule has 0 radical (unpaired) electrons. The van der Waals surface area contributed by atoms with Gasteiger partial charge in [0.25, 0.3) is 5.91 Å². The molecule has 1 heterocycles. The lowest BCUT2D eigenvalue weighted by molar-refractivity contribution is 0.0989. The Labute approximate surface area is 107 Å². The van der Waals surface area contributed by atoms with Crippen LogP contribution in [0.4, 0.5) is 5.69 Å². The molecule has 2 heteroatoms. The van der Waals surface area contributed by atoms with E-state index in [-0.39, 0.29) is 5.91 Å². The summed E-state index contributed by atoms with van der Waals surface area (Å²) in [5.74, 6) is 0.109. The summed E-state index contributed by atoms with van der Waals surface area (Å²) in [4.78, 5) is 14.4. The second-order valence-corrected chi connectivity index (χ2v) is 4.65. The minimum absolute atomic E-state index is 0.109. The molecule has 0 saturated carbocycles. The topological polar surface area (TPSA) is 20.3 Å². The van der Waals surface area contributed by atoms with Crippen LogP contribution in [0.2, 0.25) is 0 Å². The van der Waals surface area contributed by atoms with E-state index in [0.29, 0.717) is 0 Å². The molecule has 0 unspecified atom stereocenters. The fourth-order valence-electron chi connectivity index (χ4n) is 2.51. The van der Waals surface area contributed by atoms with Gasteiger partial charge in [0.2, 0.25) is 0 Å². The first kappa shape index (κ1) is 11.0. The molecule has 18 heavy (non-hydrogen) atoms. The lowest BCUT2D eigenvalue weighted by Gasteiger charge is -2.18. The summed E-state index contributed by atoms with van der Waals surface area (Å²) in [6, 6.07) is 15.9. The quantitative estimate of drug-likeness (QED) is 0.746. The minimum atomic E-state index is 0.109. The fourth-order valence-corrected chi connectivity index (χ4v) is 2.51. The number of benzene rings is 2. The number of nitrogens with zero attached hydrogens (tertiary/aromatic N) is 1. The van der Waals surface area contributed by atoms with Crippen LogP contribution < -0.4 is 4.90 Å². The number of para-hydroxylation sites is 1. The third kappa shape index (κ3) is 1.70. The van der Waals surface area contributed by atoms with E-state index in [9.17, 15) is 4.79 Å². The molecule has 2 aromatic carbocycles. The molecule has 0 bridgehead atoms. The Balaban J connectivity index is 1.99. The fraction of sp³-hybridized carbons (Fsp3) is 0.188. The Hall–Kier alpha value is -2.09. The monoisotopic (exact) mass is 237 g/mol. The van der Waals surface area contributed by atoms with E-state index in [1.54, 1.807) is 0 Å². The van der Waals surface area contributed by atoms with Gasteiger partial charge in [-0.2, -0.15) is 0 Å². The maximum Gasteiger partial charge on any atom is 0.258 e. The number of anilines is 1. The van der Waals surface area contributed by atoms with Gasteiger partial charge in [-0.05, 0) is 36.6 Å². The molecule has 0 saturated heterocycles. The number of rotatable bonds is 1. The molecule has 1 aliphatic rings. The highest BCUT2D eigenvalue weighted by Crippen LogP contribution is 2.29. The summed E-state index contributed by atoms with van der Waals surface area (Å²) in [6.07, 6.45) is 0.952. The molecule has 1 aliphatic heterocycles. The van der Waals surface area contributed by atoms with Crippen LogP contribution in [0.15, 0.2) is 48.5 Å². The SMILES string of the molecule is Cc1ccccc1C(=O)N1CCc2ccccc21. The van der Waals surface area contributed by atoms with Gasteiger partial charge in [0.1, 0.15) is 0 Å². The number of amides is 1. The van der Waals surface area contributed by atoms with E-state index < -0.39 is 0 Å². The molecule has 0 N–H and O–H groups in total. The van der Waals surface area contributed by atoms with E-state index in [1.165, 1.54) is 5.56 Å². The van der Waals surface area contributed by atoms with Gasteiger partial charge in [0, 0.05) is 17.8 Å². The van der Waals surface area contributed by atoms with Crippen molar-refractivity contribution < 1.29 is 4.79 Å². The summed E-state index contributed by atoms with van der Waals surface area (Å²) in [6.45, 7) is 2.77. The maximum atomic E-state index is 12.6. The molecule has 0 spiro atoms. The van der Waals surface area contributed by atoms with Crippen molar-refractivity contribution in [3.05, 3.63) is 65.2 Å². The number of fused-ring (bicyclic) bond motifs is 1. The highest BCUT2D eigenvalue weighted by molar-refractivity contribution is 6.08. The van der Waals surface area contributed by atoms with Gasteiger partial charge in [-0.1, -0.05) is 36.4 Å². The van der Waals surface area contributed by atoms with Crippen molar-refractivity contribution in [1.29, 1.82) is 0 Å². The van der Waals surface area contributed by atoms with Gasteiger partial charge in [-0.3, -0.25) is 4.79 Å². The molecule has 0 aliphatic carbocycles. The Morgan fingerprint density at radius 1 is 1.06 bits per heavy atom. The van der Waals surface area contributed by atoms with Crippen LogP contribution >= 0.6 is 0 Å². The third-order valence-electron chi connectivity index (χ3n) is 3.51. The molecular formula is C16H15NO. The van der Waals surface area contributed by atoms with Crippen molar-refractivity contribution in [3.8, 4) is 0 Å². The van der Waals surface area contributed by atoms with Crippen LogP contribution in [0.25, 0.3) is 0 Å². The highest BCUT2D eigenvalue weighted by Gasteiger charge is 2.25. The van der Waals surface area contributed by atoms with Crippen LogP contribution in [0.1, 0.15) is 21.5 Å². The minimum Gasteiger partial charge on any atom is -0.308 e. The molecular weight excluding hydrogens is 222 g/mol. The van der Waals surface area contributed by atoms with Crippen LogP contribution in [0.5, 0.6) is 0 Å². The summed E-state index contributed by atoms with van der Waals surface area (Å²) in [7, 11) is 0. The van der Waals surface area contributed by atoms with Crippen LogP contribution in [0.3, 0.4) is 0 Å². The van der Waals surface area contributed by atoms with Gasteiger partial charge < -0.3 is 4.90 Å². The predicted molar refractivity (Wildman–Crippen MR) is 73.0 cm³/mol. The van der Waals surface area contributed by atoms with E-state index in [1.807, 2.05) is 54.3 Å². The first-order valence-electron chi connectivity index (χ1n) is 6.23. The van der Waals surface area contributed by atoms with Gasteiger partial charge in [0.15, 0.2) is 0 Å². The first-order chi connectivity index (χ1) is 8.77. The summed E-state index contributed by atoms with van der Waals surface area (Å²) >= 11 is 0. The van der Waals surface area contributed by atoms with Crippen molar-refractivity contribution >= 4 is 11.6 Å². The maximum absolute atomic E-state index is 12.6. The zero-order valence-corrected chi connectivity index (χ0v) is 10.4. The molecule has 0 atom stereocenters. The number of carbonyl (C=O) groups excluding carboxylic acids is 1. The molecule has 0 aromatic heterocycles. The second kappa shape index (κ2) is 4.30. The Morgan fingerprint density at radius 3 is 2.61 bits per heavy atom. The van der Waals surface area contributed by atoms with E-state index in [0.717, 1.165) is 29.8 Å². The molecule has 2 nitrogen and oxygen atoms in total. The van der Waals surface area contributed by atoms with Crippen molar-refractivity contribution in [2.24, 2.45) is 0 Å². The highest BCUT2D eigenvalue weighted by atomic mass is 16.2. The summed E-state index contributed by atoms with van der Waals surface area (Å²) < 4.78 is 0. The van der Waals surface area contributed by atoms with Gasteiger partial charge in [-0.15, -0.1) is 0 Å². The Bertz CT molecular complexity index is 604. The lowest BCUT2D eigenvalue weighted by Crippen LogP contribution is -2.29. The standard InChI is InChI=1S/C16H15NO/c1-12-6-2-4-8-14(12)16(18)17-11-10-13-7-3-5-9-15(13)17/h2-9H,10-11H2,1H3. The number of carbonyl (C=O) groups is 1. The Morgan fingerprint density at radius 2 is 1.78 bits per heavy atom. The number of aryl methyl sites for hydroxylation is 1. The molecule has 0 fully saturated rings. The van der Waals surface area contributed by atoms with Crippen LogP contribution in [0, 0.1) is 6.92 Å². The van der Waals surface area contributed by atoms with Gasteiger partial charge >= 0.3 is 0 Å². The van der Waals surface area contributed by atoms with Crippen molar-refractivity contribution in [2.45, 2.75) is 13.3 Å². The molecule has 2 aromatic rings. The van der Waals surface area contributed by atoms with Crippen molar-refractivity contribution in [1.82, 2.24) is 0 Å². The largest absolute Gasteiger partial charge is 0.308 e. The van der Waals surface area contributed by atoms with Crippen LogP contribution in [-0.4, -0.2) is 12.5 Å². The van der Waals surface area contributed by atoms with Crippen molar-refractivity contribution in [3.63, 3.8) is 0 Å². The average molecular weight is 237 g/mol. The molecule has 1 amide bonds. The first-order valence-corrected chi connectivity index (χ1v) is 6.23. The van der Waals surface area contributed by atoms with Gasteiger partial charge in [0.05, 0.1) is 0 Å². The van der Waals surface area contributed by atoms with E-state index in [2.05, 4.69) is 6.07 Å².